The van der Waals surface area contributed by atoms with E-state index in [4.69, 9.17) is 0 Å². The Morgan fingerprint density at radius 2 is 1.70 bits per heavy atom. The lowest BCUT2D eigenvalue weighted by Gasteiger charge is -2.34. The van der Waals surface area contributed by atoms with Gasteiger partial charge in [0.1, 0.15) is 0 Å². The number of rotatable bonds is 4. The molecule has 0 N–H and O–H groups in total. The van der Waals surface area contributed by atoms with E-state index in [9.17, 15) is 4.79 Å². The molecule has 0 spiro atoms. The number of carbonyl (C=O) groups is 1. The number of amides is 1. The maximum absolute atomic E-state index is 12.5. The van der Waals surface area contributed by atoms with Crippen LogP contribution in [0, 0.1) is 6.92 Å². The first kappa shape index (κ1) is 15.8. The van der Waals surface area contributed by atoms with Crippen LogP contribution >= 0.6 is 0 Å². The lowest BCUT2D eigenvalue weighted by molar-refractivity contribution is 0.0638. The van der Waals surface area contributed by atoms with Crippen molar-refractivity contribution in [3.8, 4) is 0 Å². The SMILES string of the molecule is Cc1cccc(C(=O)N2CCN(CCc3ccccc3)CC2)c1. The van der Waals surface area contributed by atoms with Crippen LogP contribution in [0.3, 0.4) is 0 Å². The van der Waals surface area contributed by atoms with Gasteiger partial charge in [0.25, 0.3) is 5.91 Å². The third kappa shape index (κ3) is 4.20. The Labute approximate surface area is 138 Å². The number of piperazine rings is 1. The summed E-state index contributed by atoms with van der Waals surface area (Å²) < 4.78 is 0. The molecule has 1 amide bonds. The zero-order valence-corrected chi connectivity index (χ0v) is 13.7. The predicted molar refractivity (Wildman–Crippen MR) is 93.7 cm³/mol. The second-order valence-corrected chi connectivity index (χ2v) is 6.24. The molecule has 1 fully saturated rings. The van der Waals surface area contributed by atoms with E-state index in [1.807, 2.05) is 36.1 Å². The first-order chi connectivity index (χ1) is 11.2. The second-order valence-electron chi connectivity index (χ2n) is 6.24. The second kappa shape index (κ2) is 7.42. The van der Waals surface area contributed by atoms with Crippen LogP contribution in [0.25, 0.3) is 0 Å². The molecule has 23 heavy (non-hydrogen) atoms. The van der Waals surface area contributed by atoms with Crippen molar-refractivity contribution in [2.24, 2.45) is 0 Å². The van der Waals surface area contributed by atoms with E-state index in [0.29, 0.717) is 0 Å². The number of carbonyl (C=O) groups excluding carboxylic acids is 1. The van der Waals surface area contributed by atoms with E-state index in [0.717, 1.165) is 50.3 Å². The van der Waals surface area contributed by atoms with Crippen LogP contribution in [0.5, 0.6) is 0 Å². The van der Waals surface area contributed by atoms with E-state index < -0.39 is 0 Å². The molecule has 0 saturated carbocycles. The van der Waals surface area contributed by atoms with Gasteiger partial charge >= 0.3 is 0 Å². The molecule has 3 rings (SSSR count). The van der Waals surface area contributed by atoms with Crippen molar-refractivity contribution in [3.05, 3.63) is 71.3 Å². The first-order valence-corrected chi connectivity index (χ1v) is 8.34. The van der Waals surface area contributed by atoms with Gasteiger partial charge in [-0.2, -0.15) is 0 Å². The number of hydrogen-bond acceptors (Lipinski definition) is 2. The molecule has 1 aliphatic heterocycles. The molecule has 2 aromatic rings. The van der Waals surface area contributed by atoms with Gasteiger partial charge in [0.05, 0.1) is 0 Å². The van der Waals surface area contributed by atoms with Crippen molar-refractivity contribution in [2.75, 3.05) is 32.7 Å². The summed E-state index contributed by atoms with van der Waals surface area (Å²) in [5, 5.41) is 0. The van der Waals surface area contributed by atoms with Gasteiger partial charge in [-0.3, -0.25) is 9.69 Å². The molecule has 2 aromatic carbocycles. The molecular formula is C20H24N2O. The van der Waals surface area contributed by atoms with Gasteiger partial charge in [-0.25, -0.2) is 0 Å². The van der Waals surface area contributed by atoms with Crippen LogP contribution in [-0.2, 0) is 6.42 Å². The van der Waals surface area contributed by atoms with E-state index in [2.05, 4.69) is 35.2 Å². The average Bonchev–Trinajstić information content (AvgIpc) is 2.61. The van der Waals surface area contributed by atoms with E-state index in [1.165, 1.54) is 5.56 Å². The van der Waals surface area contributed by atoms with Crippen molar-refractivity contribution in [3.63, 3.8) is 0 Å². The Morgan fingerprint density at radius 1 is 0.957 bits per heavy atom. The number of benzene rings is 2. The van der Waals surface area contributed by atoms with Crippen molar-refractivity contribution >= 4 is 5.91 Å². The molecule has 1 aliphatic rings. The minimum absolute atomic E-state index is 0.163. The van der Waals surface area contributed by atoms with Gasteiger partial charge in [-0.15, -0.1) is 0 Å². The molecule has 0 aromatic heterocycles. The monoisotopic (exact) mass is 308 g/mol. The quantitative estimate of drug-likeness (QED) is 0.867. The fourth-order valence-electron chi connectivity index (χ4n) is 3.07. The van der Waals surface area contributed by atoms with Gasteiger partial charge in [0.15, 0.2) is 0 Å². The van der Waals surface area contributed by atoms with Crippen molar-refractivity contribution in [1.82, 2.24) is 9.80 Å². The van der Waals surface area contributed by atoms with Crippen LogP contribution in [0.1, 0.15) is 21.5 Å². The molecule has 3 nitrogen and oxygen atoms in total. The maximum Gasteiger partial charge on any atom is 0.253 e. The Morgan fingerprint density at radius 3 is 2.39 bits per heavy atom. The smallest absolute Gasteiger partial charge is 0.253 e. The molecule has 0 atom stereocenters. The lowest BCUT2D eigenvalue weighted by Crippen LogP contribution is -2.49. The van der Waals surface area contributed by atoms with Gasteiger partial charge in [0, 0.05) is 38.3 Å². The van der Waals surface area contributed by atoms with E-state index in [-0.39, 0.29) is 5.91 Å². The third-order valence-corrected chi connectivity index (χ3v) is 4.48. The molecule has 1 heterocycles. The zero-order chi connectivity index (χ0) is 16.1. The summed E-state index contributed by atoms with van der Waals surface area (Å²) in [6.45, 7) is 6.66. The Hall–Kier alpha value is -2.13. The largest absolute Gasteiger partial charge is 0.336 e. The van der Waals surface area contributed by atoms with Crippen molar-refractivity contribution in [1.29, 1.82) is 0 Å². The van der Waals surface area contributed by atoms with Crippen LogP contribution < -0.4 is 0 Å². The van der Waals surface area contributed by atoms with Crippen LogP contribution in [-0.4, -0.2) is 48.4 Å². The fraction of sp³-hybridized carbons (Fsp3) is 0.350. The summed E-state index contributed by atoms with van der Waals surface area (Å²) in [6.07, 6.45) is 1.08. The molecule has 0 aliphatic carbocycles. The number of hydrogen-bond donors (Lipinski definition) is 0. The molecule has 120 valence electrons. The fourth-order valence-corrected chi connectivity index (χ4v) is 3.07. The van der Waals surface area contributed by atoms with Gasteiger partial charge in [0.2, 0.25) is 0 Å². The summed E-state index contributed by atoms with van der Waals surface area (Å²) in [6, 6.07) is 18.5. The first-order valence-electron chi connectivity index (χ1n) is 8.34. The molecule has 0 radical (unpaired) electrons. The topological polar surface area (TPSA) is 23.6 Å². The standard InChI is InChI=1S/C20H24N2O/c1-17-6-5-9-19(16-17)20(23)22-14-12-21(13-15-22)11-10-18-7-3-2-4-8-18/h2-9,16H,10-15H2,1H3. The summed E-state index contributed by atoms with van der Waals surface area (Å²) in [5.41, 5.74) is 3.32. The highest BCUT2D eigenvalue weighted by atomic mass is 16.2. The number of nitrogens with zero attached hydrogens (tertiary/aromatic N) is 2. The Bertz CT molecular complexity index is 646. The van der Waals surface area contributed by atoms with Crippen LogP contribution in [0.2, 0.25) is 0 Å². The summed E-state index contributed by atoms with van der Waals surface area (Å²) in [4.78, 5) is 17.0. The zero-order valence-electron chi connectivity index (χ0n) is 13.7. The average molecular weight is 308 g/mol. The Kier molecular flexibility index (Phi) is 5.09. The third-order valence-electron chi connectivity index (χ3n) is 4.48. The van der Waals surface area contributed by atoms with Gasteiger partial charge < -0.3 is 4.90 Å². The highest BCUT2D eigenvalue weighted by Gasteiger charge is 2.21. The maximum atomic E-state index is 12.5. The highest BCUT2D eigenvalue weighted by Crippen LogP contribution is 2.11. The molecule has 3 heteroatoms. The van der Waals surface area contributed by atoms with Gasteiger partial charge in [-0.05, 0) is 31.0 Å². The molecule has 0 unspecified atom stereocenters. The van der Waals surface area contributed by atoms with Crippen LogP contribution in [0.15, 0.2) is 54.6 Å². The van der Waals surface area contributed by atoms with Crippen molar-refractivity contribution < 1.29 is 4.79 Å². The van der Waals surface area contributed by atoms with E-state index in [1.54, 1.807) is 0 Å². The van der Waals surface area contributed by atoms with E-state index >= 15 is 0 Å². The number of aryl methyl sites for hydroxylation is 1. The molecular weight excluding hydrogens is 284 g/mol. The molecule has 0 bridgehead atoms. The normalized spacial score (nSPS) is 15.6. The molecule has 1 saturated heterocycles. The highest BCUT2D eigenvalue weighted by molar-refractivity contribution is 5.94. The summed E-state index contributed by atoms with van der Waals surface area (Å²) >= 11 is 0. The minimum Gasteiger partial charge on any atom is -0.336 e. The predicted octanol–water partition coefficient (Wildman–Crippen LogP) is 3.00. The minimum atomic E-state index is 0.163. The summed E-state index contributed by atoms with van der Waals surface area (Å²) in [7, 11) is 0. The van der Waals surface area contributed by atoms with Crippen molar-refractivity contribution in [2.45, 2.75) is 13.3 Å². The Balaban J connectivity index is 1.49. The lowest BCUT2D eigenvalue weighted by atomic mass is 10.1. The van der Waals surface area contributed by atoms with Crippen LogP contribution in [0.4, 0.5) is 0 Å². The summed E-state index contributed by atoms with van der Waals surface area (Å²) in [5.74, 6) is 0.163. The van der Waals surface area contributed by atoms with Gasteiger partial charge in [-0.1, -0.05) is 48.0 Å².